The van der Waals surface area contributed by atoms with Crippen LogP contribution in [0, 0.1) is 0 Å². The zero-order chi connectivity index (χ0) is 13.1. The molecule has 1 aromatic carbocycles. The lowest BCUT2D eigenvalue weighted by molar-refractivity contribution is 0.309. The average Bonchev–Trinajstić information content (AvgIpc) is 2.45. The first-order valence-corrected chi connectivity index (χ1v) is 6.68. The van der Waals surface area contributed by atoms with E-state index < -0.39 is 0 Å². The van der Waals surface area contributed by atoms with Gasteiger partial charge in [-0.3, -0.25) is 9.97 Å². The number of pyridine rings is 2. The van der Waals surface area contributed by atoms with E-state index >= 15 is 0 Å². The molecule has 0 spiro atoms. The van der Waals surface area contributed by atoms with Gasteiger partial charge in [-0.1, -0.05) is 6.07 Å². The Kier molecular flexibility index (Phi) is 3.42. The molecule has 4 heteroatoms. The van der Waals surface area contributed by atoms with Gasteiger partial charge in [-0.2, -0.15) is 0 Å². The standard InChI is InChI=1S/C15H11BrN2O/c16-12-7-11(8-17-9-12)10-19-15-5-1-4-14-13(15)3-2-6-18-14/h1-9H,10H2. The summed E-state index contributed by atoms with van der Waals surface area (Å²) < 4.78 is 6.81. The minimum Gasteiger partial charge on any atom is -0.488 e. The fraction of sp³-hybridized carbons (Fsp3) is 0.0667. The Bertz CT molecular complexity index is 710. The predicted molar refractivity (Wildman–Crippen MR) is 78.0 cm³/mol. The summed E-state index contributed by atoms with van der Waals surface area (Å²) in [6, 6.07) is 11.8. The fourth-order valence-electron chi connectivity index (χ4n) is 1.90. The minimum absolute atomic E-state index is 0.487. The van der Waals surface area contributed by atoms with Crippen molar-refractivity contribution in [1.82, 2.24) is 9.97 Å². The maximum atomic E-state index is 5.86. The number of nitrogens with zero attached hydrogens (tertiary/aromatic N) is 2. The SMILES string of the molecule is Brc1cncc(COc2cccc3ncccc23)c1. The number of fused-ring (bicyclic) bond motifs is 1. The average molecular weight is 315 g/mol. The number of aromatic nitrogens is 2. The molecule has 94 valence electrons. The van der Waals surface area contributed by atoms with Crippen LogP contribution in [0.1, 0.15) is 5.56 Å². The summed E-state index contributed by atoms with van der Waals surface area (Å²) in [6.45, 7) is 0.487. The Balaban J connectivity index is 1.86. The van der Waals surface area contributed by atoms with Crippen LogP contribution < -0.4 is 4.74 Å². The molecule has 3 rings (SSSR count). The van der Waals surface area contributed by atoms with E-state index in [9.17, 15) is 0 Å². The number of rotatable bonds is 3. The maximum absolute atomic E-state index is 5.86. The lowest BCUT2D eigenvalue weighted by Gasteiger charge is -2.08. The second kappa shape index (κ2) is 5.36. The van der Waals surface area contributed by atoms with Gasteiger partial charge in [-0.25, -0.2) is 0 Å². The summed E-state index contributed by atoms with van der Waals surface area (Å²) in [5, 5.41) is 1.02. The van der Waals surface area contributed by atoms with Crippen molar-refractivity contribution in [1.29, 1.82) is 0 Å². The molecule has 0 atom stereocenters. The van der Waals surface area contributed by atoms with Crippen LogP contribution in [0.3, 0.4) is 0 Å². The second-order valence-electron chi connectivity index (χ2n) is 4.13. The molecule has 0 bridgehead atoms. The first-order valence-electron chi connectivity index (χ1n) is 5.89. The van der Waals surface area contributed by atoms with Gasteiger partial charge in [-0.05, 0) is 46.3 Å². The second-order valence-corrected chi connectivity index (χ2v) is 5.04. The molecule has 0 fully saturated rings. The lowest BCUT2D eigenvalue weighted by atomic mass is 10.2. The molecule has 3 aromatic rings. The Morgan fingerprint density at radius 3 is 2.95 bits per heavy atom. The Labute approximate surface area is 119 Å². The summed E-state index contributed by atoms with van der Waals surface area (Å²) in [5.74, 6) is 0.838. The van der Waals surface area contributed by atoms with E-state index in [0.717, 1.165) is 26.7 Å². The first-order chi connectivity index (χ1) is 9.33. The van der Waals surface area contributed by atoms with Gasteiger partial charge in [0.15, 0.2) is 0 Å². The molecule has 0 N–H and O–H groups in total. The molecule has 0 aliphatic carbocycles. The third-order valence-corrected chi connectivity index (χ3v) is 3.20. The maximum Gasteiger partial charge on any atom is 0.129 e. The normalized spacial score (nSPS) is 10.6. The highest BCUT2D eigenvalue weighted by Crippen LogP contribution is 2.24. The van der Waals surface area contributed by atoms with Crippen LogP contribution in [0.15, 0.2) is 59.5 Å². The van der Waals surface area contributed by atoms with Crippen LogP contribution in [-0.4, -0.2) is 9.97 Å². The van der Waals surface area contributed by atoms with E-state index in [2.05, 4.69) is 25.9 Å². The molecule has 19 heavy (non-hydrogen) atoms. The van der Waals surface area contributed by atoms with Crippen LogP contribution in [0.4, 0.5) is 0 Å². The smallest absolute Gasteiger partial charge is 0.129 e. The number of ether oxygens (including phenoxy) is 1. The molecule has 0 aliphatic rings. The molecule has 2 heterocycles. The van der Waals surface area contributed by atoms with Gasteiger partial charge in [-0.15, -0.1) is 0 Å². The van der Waals surface area contributed by atoms with E-state index in [4.69, 9.17) is 4.74 Å². The monoisotopic (exact) mass is 314 g/mol. The quantitative estimate of drug-likeness (QED) is 0.733. The lowest BCUT2D eigenvalue weighted by Crippen LogP contribution is -1.97. The Morgan fingerprint density at radius 1 is 1.11 bits per heavy atom. The zero-order valence-corrected chi connectivity index (χ0v) is 11.7. The van der Waals surface area contributed by atoms with Gasteiger partial charge >= 0.3 is 0 Å². The van der Waals surface area contributed by atoms with Crippen molar-refractivity contribution in [3.63, 3.8) is 0 Å². The van der Waals surface area contributed by atoms with Crippen molar-refractivity contribution >= 4 is 26.8 Å². The van der Waals surface area contributed by atoms with Crippen LogP contribution in [0.25, 0.3) is 10.9 Å². The topological polar surface area (TPSA) is 35.0 Å². The summed E-state index contributed by atoms with van der Waals surface area (Å²) in [5.41, 5.74) is 1.96. The van der Waals surface area contributed by atoms with Crippen molar-refractivity contribution in [3.05, 3.63) is 65.0 Å². The number of hydrogen-bond donors (Lipinski definition) is 0. The number of hydrogen-bond acceptors (Lipinski definition) is 3. The molecule has 0 aliphatic heterocycles. The van der Waals surface area contributed by atoms with Crippen molar-refractivity contribution < 1.29 is 4.74 Å². The molecular formula is C15H11BrN2O. The summed E-state index contributed by atoms with van der Waals surface area (Å²) in [4.78, 5) is 8.43. The number of benzene rings is 1. The van der Waals surface area contributed by atoms with Crippen molar-refractivity contribution in [2.45, 2.75) is 6.61 Å². The highest BCUT2D eigenvalue weighted by Gasteiger charge is 2.03. The Hall–Kier alpha value is -1.94. The molecule has 0 radical (unpaired) electrons. The van der Waals surface area contributed by atoms with E-state index in [1.54, 1.807) is 18.6 Å². The van der Waals surface area contributed by atoms with Gasteiger partial charge < -0.3 is 4.74 Å². The van der Waals surface area contributed by atoms with E-state index in [1.807, 2.05) is 36.4 Å². The van der Waals surface area contributed by atoms with Crippen molar-refractivity contribution in [2.24, 2.45) is 0 Å². The molecule has 0 saturated heterocycles. The molecule has 0 unspecified atom stereocenters. The van der Waals surface area contributed by atoms with E-state index in [-0.39, 0.29) is 0 Å². The van der Waals surface area contributed by atoms with Gasteiger partial charge in [0.25, 0.3) is 0 Å². The highest BCUT2D eigenvalue weighted by molar-refractivity contribution is 9.10. The summed E-state index contributed by atoms with van der Waals surface area (Å²) in [7, 11) is 0. The van der Waals surface area contributed by atoms with Crippen LogP contribution in [0.5, 0.6) is 5.75 Å². The van der Waals surface area contributed by atoms with Crippen LogP contribution in [-0.2, 0) is 6.61 Å². The Morgan fingerprint density at radius 2 is 2.05 bits per heavy atom. The van der Waals surface area contributed by atoms with E-state index in [0.29, 0.717) is 6.61 Å². The third kappa shape index (κ3) is 2.74. The summed E-state index contributed by atoms with van der Waals surface area (Å²) >= 11 is 3.40. The van der Waals surface area contributed by atoms with Crippen molar-refractivity contribution in [2.75, 3.05) is 0 Å². The van der Waals surface area contributed by atoms with Crippen molar-refractivity contribution in [3.8, 4) is 5.75 Å². The summed E-state index contributed by atoms with van der Waals surface area (Å²) in [6.07, 6.45) is 5.34. The van der Waals surface area contributed by atoms with Gasteiger partial charge in [0.05, 0.1) is 5.52 Å². The van der Waals surface area contributed by atoms with Gasteiger partial charge in [0, 0.05) is 34.0 Å². The highest BCUT2D eigenvalue weighted by atomic mass is 79.9. The number of halogens is 1. The minimum atomic E-state index is 0.487. The fourth-order valence-corrected chi connectivity index (χ4v) is 2.31. The van der Waals surface area contributed by atoms with E-state index in [1.165, 1.54) is 0 Å². The van der Waals surface area contributed by atoms with Gasteiger partial charge in [0.2, 0.25) is 0 Å². The largest absolute Gasteiger partial charge is 0.488 e. The van der Waals surface area contributed by atoms with Crippen LogP contribution >= 0.6 is 15.9 Å². The third-order valence-electron chi connectivity index (χ3n) is 2.76. The predicted octanol–water partition coefficient (Wildman–Crippen LogP) is 3.97. The zero-order valence-electron chi connectivity index (χ0n) is 10.1. The molecular weight excluding hydrogens is 304 g/mol. The molecule has 3 nitrogen and oxygen atoms in total. The molecule has 2 aromatic heterocycles. The molecule has 0 amide bonds. The van der Waals surface area contributed by atoms with Crippen LogP contribution in [0.2, 0.25) is 0 Å². The molecule has 0 saturated carbocycles. The first kappa shape index (κ1) is 12.1. The van der Waals surface area contributed by atoms with Gasteiger partial charge in [0.1, 0.15) is 12.4 Å².